The van der Waals surface area contributed by atoms with Gasteiger partial charge in [0.1, 0.15) is 0 Å². The highest BCUT2D eigenvalue weighted by Gasteiger charge is 2.31. The van der Waals surface area contributed by atoms with Crippen LogP contribution in [0.25, 0.3) is 0 Å². The predicted molar refractivity (Wildman–Crippen MR) is 67.3 cm³/mol. The fourth-order valence-corrected chi connectivity index (χ4v) is 1.63. The van der Waals surface area contributed by atoms with Crippen molar-refractivity contribution in [1.82, 2.24) is 10.2 Å². The van der Waals surface area contributed by atoms with E-state index >= 15 is 0 Å². The Morgan fingerprint density at radius 2 is 2.00 bits per heavy atom. The van der Waals surface area contributed by atoms with Gasteiger partial charge in [0, 0.05) is 13.1 Å². The van der Waals surface area contributed by atoms with Crippen LogP contribution >= 0.6 is 11.6 Å². The Labute approximate surface area is 114 Å². The van der Waals surface area contributed by atoms with Crippen molar-refractivity contribution in [2.45, 2.75) is 6.18 Å². The number of nitrogens with one attached hydrogen (secondary N) is 1. The molecule has 0 fully saturated rings. The standard InChI is InChI=1S/C12H14ClF3N2O/c1-18(2)6-5-17-11(19)9-4-3-8(7-10(9)13)12(14,15)16/h3-4,7H,5-6H2,1-2H3,(H,17,19). The highest BCUT2D eigenvalue weighted by Crippen LogP contribution is 2.31. The third kappa shape index (κ3) is 4.72. The van der Waals surface area contributed by atoms with Crippen LogP contribution in [0.4, 0.5) is 13.2 Å². The highest BCUT2D eigenvalue weighted by atomic mass is 35.5. The number of amides is 1. The molecule has 0 bridgehead atoms. The van der Waals surface area contributed by atoms with Gasteiger partial charge in [0.05, 0.1) is 16.1 Å². The first-order chi connectivity index (χ1) is 8.71. The lowest BCUT2D eigenvalue weighted by molar-refractivity contribution is -0.137. The molecular formula is C12H14ClF3N2O. The van der Waals surface area contributed by atoms with Crippen molar-refractivity contribution in [3.05, 3.63) is 34.3 Å². The molecule has 0 atom stereocenters. The van der Waals surface area contributed by atoms with Crippen LogP contribution in [0.3, 0.4) is 0 Å². The van der Waals surface area contributed by atoms with Gasteiger partial charge in [-0.3, -0.25) is 4.79 Å². The van der Waals surface area contributed by atoms with Gasteiger partial charge in [0.2, 0.25) is 0 Å². The molecule has 1 amide bonds. The Hall–Kier alpha value is -1.27. The summed E-state index contributed by atoms with van der Waals surface area (Å²) >= 11 is 5.70. The van der Waals surface area contributed by atoms with E-state index < -0.39 is 17.6 Å². The molecule has 1 aromatic rings. The number of carbonyl (C=O) groups excluding carboxylic acids is 1. The zero-order valence-electron chi connectivity index (χ0n) is 10.5. The molecule has 0 spiro atoms. The van der Waals surface area contributed by atoms with Crippen molar-refractivity contribution < 1.29 is 18.0 Å². The Morgan fingerprint density at radius 1 is 1.37 bits per heavy atom. The molecule has 0 aliphatic heterocycles. The second kappa shape index (κ2) is 6.25. The lowest BCUT2D eigenvalue weighted by Crippen LogP contribution is -2.31. The highest BCUT2D eigenvalue weighted by molar-refractivity contribution is 6.33. The number of hydrogen-bond acceptors (Lipinski definition) is 2. The Bertz CT molecular complexity index is 461. The molecule has 0 aliphatic carbocycles. The van der Waals surface area contributed by atoms with Gasteiger partial charge in [0.25, 0.3) is 5.91 Å². The molecular weight excluding hydrogens is 281 g/mol. The second-order valence-corrected chi connectivity index (χ2v) is 4.66. The monoisotopic (exact) mass is 294 g/mol. The smallest absolute Gasteiger partial charge is 0.351 e. The molecule has 1 rings (SSSR count). The van der Waals surface area contributed by atoms with E-state index in [4.69, 9.17) is 11.6 Å². The molecule has 7 heteroatoms. The van der Waals surface area contributed by atoms with Crippen LogP contribution in [0.15, 0.2) is 18.2 Å². The first-order valence-electron chi connectivity index (χ1n) is 5.51. The van der Waals surface area contributed by atoms with Gasteiger partial charge in [-0.25, -0.2) is 0 Å². The summed E-state index contributed by atoms with van der Waals surface area (Å²) < 4.78 is 37.3. The summed E-state index contributed by atoms with van der Waals surface area (Å²) in [5, 5.41) is 2.37. The number of hydrogen-bond donors (Lipinski definition) is 1. The minimum Gasteiger partial charge on any atom is -0.351 e. The van der Waals surface area contributed by atoms with Crippen LogP contribution in [0.1, 0.15) is 15.9 Å². The van der Waals surface area contributed by atoms with Gasteiger partial charge in [-0.1, -0.05) is 11.6 Å². The van der Waals surface area contributed by atoms with Crippen molar-refractivity contribution in [2.24, 2.45) is 0 Å². The van der Waals surface area contributed by atoms with Gasteiger partial charge in [-0.2, -0.15) is 13.2 Å². The van der Waals surface area contributed by atoms with E-state index in [1.165, 1.54) is 0 Å². The third-order valence-corrected chi connectivity index (χ3v) is 2.70. The lowest BCUT2D eigenvalue weighted by atomic mass is 10.1. The molecule has 0 unspecified atom stereocenters. The second-order valence-electron chi connectivity index (χ2n) is 4.25. The topological polar surface area (TPSA) is 32.3 Å². The van der Waals surface area contributed by atoms with Gasteiger partial charge < -0.3 is 10.2 Å². The summed E-state index contributed by atoms with van der Waals surface area (Å²) in [5.41, 5.74) is -0.837. The van der Waals surface area contributed by atoms with Crippen molar-refractivity contribution >= 4 is 17.5 Å². The SMILES string of the molecule is CN(C)CCNC(=O)c1ccc(C(F)(F)F)cc1Cl. The number of nitrogens with zero attached hydrogens (tertiary/aromatic N) is 1. The zero-order chi connectivity index (χ0) is 14.6. The molecule has 0 aliphatic rings. The van der Waals surface area contributed by atoms with E-state index in [1.54, 1.807) is 0 Å². The number of alkyl halides is 3. The number of rotatable bonds is 4. The number of halogens is 4. The van der Waals surface area contributed by atoms with Crippen molar-refractivity contribution in [2.75, 3.05) is 27.2 Å². The van der Waals surface area contributed by atoms with Crippen molar-refractivity contribution in [3.8, 4) is 0 Å². The van der Waals surface area contributed by atoms with Gasteiger partial charge in [-0.15, -0.1) is 0 Å². The molecule has 0 saturated heterocycles. The predicted octanol–water partition coefficient (Wildman–Crippen LogP) is 2.65. The summed E-state index contributed by atoms with van der Waals surface area (Å²) in [4.78, 5) is 13.6. The molecule has 1 aromatic carbocycles. The molecule has 0 saturated carbocycles. The Kier molecular flexibility index (Phi) is 5.20. The number of benzene rings is 1. The Balaban J connectivity index is 2.77. The van der Waals surface area contributed by atoms with Crippen molar-refractivity contribution in [3.63, 3.8) is 0 Å². The van der Waals surface area contributed by atoms with Crippen LogP contribution in [0.2, 0.25) is 5.02 Å². The largest absolute Gasteiger partial charge is 0.416 e. The first kappa shape index (κ1) is 15.8. The third-order valence-electron chi connectivity index (χ3n) is 2.39. The average Bonchev–Trinajstić information content (AvgIpc) is 2.26. The van der Waals surface area contributed by atoms with E-state index in [2.05, 4.69) is 5.32 Å². The van der Waals surface area contributed by atoms with Crippen LogP contribution in [0, 0.1) is 0 Å². The number of carbonyl (C=O) groups is 1. The van der Waals surface area contributed by atoms with Gasteiger partial charge in [-0.05, 0) is 32.3 Å². The van der Waals surface area contributed by atoms with Crippen LogP contribution in [-0.2, 0) is 6.18 Å². The molecule has 106 valence electrons. The quantitative estimate of drug-likeness (QED) is 0.926. The average molecular weight is 295 g/mol. The molecule has 19 heavy (non-hydrogen) atoms. The molecule has 0 aromatic heterocycles. The summed E-state index contributed by atoms with van der Waals surface area (Å²) in [5.74, 6) is -0.486. The van der Waals surface area contributed by atoms with E-state index in [0.717, 1.165) is 18.2 Å². The van der Waals surface area contributed by atoms with E-state index in [-0.39, 0.29) is 10.6 Å². The number of likely N-dealkylation sites (N-methyl/N-ethyl adjacent to an activating group) is 1. The maximum Gasteiger partial charge on any atom is 0.416 e. The van der Waals surface area contributed by atoms with Crippen molar-refractivity contribution in [1.29, 1.82) is 0 Å². The lowest BCUT2D eigenvalue weighted by Gasteiger charge is -2.12. The van der Waals surface area contributed by atoms with Gasteiger partial charge >= 0.3 is 6.18 Å². The maximum atomic E-state index is 12.4. The molecule has 3 nitrogen and oxygen atoms in total. The molecule has 0 heterocycles. The minimum absolute atomic E-state index is 0.0356. The van der Waals surface area contributed by atoms with Crippen LogP contribution < -0.4 is 5.32 Å². The van der Waals surface area contributed by atoms with E-state index in [9.17, 15) is 18.0 Å². The van der Waals surface area contributed by atoms with E-state index in [1.807, 2.05) is 19.0 Å². The van der Waals surface area contributed by atoms with Crippen LogP contribution in [0.5, 0.6) is 0 Å². The van der Waals surface area contributed by atoms with Crippen LogP contribution in [-0.4, -0.2) is 38.0 Å². The normalized spacial score (nSPS) is 11.7. The molecule has 0 radical (unpaired) electrons. The van der Waals surface area contributed by atoms with E-state index in [0.29, 0.717) is 13.1 Å². The zero-order valence-corrected chi connectivity index (χ0v) is 11.3. The van der Waals surface area contributed by atoms with Gasteiger partial charge in [0.15, 0.2) is 0 Å². The first-order valence-corrected chi connectivity index (χ1v) is 5.89. The fourth-order valence-electron chi connectivity index (χ4n) is 1.36. The fraction of sp³-hybridized carbons (Fsp3) is 0.417. The Morgan fingerprint density at radius 3 is 2.47 bits per heavy atom. The maximum absolute atomic E-state index is 12.4. The summed E-state index contributed by atoms with van der Waals surface area (Å²) in [7, 11) is 3.69. The summed E-state index contributed by atoms with van der Waals surface area (Å²) in [6.07, 6.45) is -4.47. The minimum atomic E-state index is -4.47. The summed E-state index contributed by atoms with van der Waals surface area (Å²) in [6.45, 7) is 1.02. The summed E-state index contributed by atoms with van der Waals surface area (Å²) in [6, 6.07) is 2.67. The molecule has 1 N–H and O–H groups in total.